The fourth-order valence-corrected chi connectivity index (χ4v) is 2.76. The smallest absolute Gasteiger partial charge is 0.421 e. The van der Waals surface area contributed by atoms with Crippen LogP contribution in [-0.2, 0) is 9.53 Å². The number of benzene rings is 1. The first-order chi connectivity index (χ1) is 11.6. The number of nitrogens with zero attached hydrogens (tertiary/aromatic N) is 1. The zero-order valence-electron chi connectivity index (χ0n) is 15.0. The number of rotatable bonds is 3. The van der Waals surface area contributed by atoms with Gasteiger partial charge < -0.3 is 15.2 Å². The second-order valence-electron chi connectivity index (χ2n) is 7.06. The van der Waals surface area contributed by atoms with E-state index in [2.05, 4.69) is 5.32 Å². The summed E-state index contributed by atoms with van der Waals surface area (Å²) in [6, 6.07) is 4.02. The molecule has 0 aromatic heterocycles. The van der Waals surface area contributed by atoms with E-state index in [4.69, 9.17) is 4.74 Å². The van der Waals surface area contributed by atoms with Gasteiger partial charge in [0.25, 0.3) is 5.91 Å². The number of amides is 2. The van der Waals surface area contributed by atoms with Gasteiger partial charge in [-0.1, -0.05) is 6.07 Å². The van der Waals surface area contributed by atoms with Crippen molar-refractivity contribution in [1.29, 1.82) is 0 Å². The standard InChI is InChI=1S/C18H24N2O5/c1-11-12(16(22)23)7-5-9-14(11)20(17(24)25-18(2,3)4)15(21)13-8-6-10-19-13/h5,7,9,13,19H,6,8,10H2,1-4H3,(H,22,23). The third-order valence-electron chi connectivity index (χ3n) is 3.93. The van der Waals surface area contributed by atoms with Crippen molar-refractivity contribution in [1.82, 2.24) is 5.32 Å². The number of carboxylic acid groups (broad SMARTS) is 1. The molecular formula is C18H24N2O5. The summed E-state index contributed by atoms with van der Waals surface area (Å²) in [7, 11) is 0. The second-order valence-corrected chi connectivity index (χ2v) is 7.06. The first-order valence-corrected chi connectivity index (χ1v) is 8.25. The van der Waals surface area contributed by atoms with Crippen molar-refractivity contribution in [2.24, 2.45) is 0 Å². The van der Waals surface area contributed by atoms with Gasteiger partial charge in [-0.3, -0.25) is 4.79 Å². The van der Waals surface area contributed by atoms with Gasteiger partial charge in [0.1, 0.15) is 5.60 Å². The lowest BCUT2D eigenvalue weighted by atomic mass is 10.1. The van der Waals surface area contributed by atoms with Gasteiger partial charge in [0, 0.05) is 0 Å². The Balaban J connectivity index is 2.47. The van der Waals surface area contributed by atoms with Crippen molar-refractivity contribution in [2.45, 2.75) is 52.2 Å². The lowest BCUT2D eigenvalue weighted by molar-refractivity contribution is -0.120. The monoisotopic (exact) mass is 348 g/mol. The van der Waals surface area contributed by atoms with Gasteiger partial charge >= 0.3 is 12.1 Å². The number of imide groups is 1. The zero-order valence-corrected chi connectivity index (χ0v) is 15.0. The fraction of sp³-hybridized carbons (Fsp3) is 0.500. The first kappa shape index (κ1) is 18.9. The van der Waals surface area contributed by atoms with Gasteiger partial charge in [-0.2, -0.15) is 0 Å². The van der Waals surface area contributed by atoms with Gasteiger partial charge in [-0.05, 0) is 64.8 Å². The van der Waals surface area contributed by atoms with E-state index < -0.39 is 29.6 Å². The normalized spacial score (nSPS) is 17.2. The van der Waals surface area contributed by atoms with Crippen LogP contribution in [0.5, 0.6) is 0 Å². The van der Waals surface area contributed by atoms with Crippen LogP contribution >= 0.6 is 0 Å². The van der Waals surface area contributed by atoms with Crippen molar-refractivity contribution in [3.8, 4) is 0 Å². The van der Waals surface area contributed by atoms with E-state index in [0.29, 0.717) is 18.5 Å². The molecule has 1 aliphatic heterocycles. The Bertz CT molecular complexity index is 687. The number of anilines is 1. The molecule has 0 radical (unpaired) electrons. The molecule has 0 aliphatic carbocycles. The Hall–Kier alpha value is -2.41. The highest BCUT2D eigenvalue weighted by Gasteiger charge is 2.35. The summed E-state index contributed by atoms with van der Waals surface area (Å²) in [6.45, 7) is 7.41. The van der Waals surface area contributed by atoms with E-state index in [-0.39, 0.29) is 11.3 Å². The van der Waals surface area contributed by atoms with Crippen LogP contribution in [0, 0.1) is 6.92 Å². The molecule has 7 nitrogen and oxygen atoms in total. The summed E-state index contributed by atoms with van der Waals surface area (Å²) in [6.07, 6.45) is 0.652. The second kappa shape index (κ2) is 7.23. The summed E-state index contributed by atoms with van der Waals surface area (Å²) < 4.78 is 5.38. The van der Waals surface area contributed by atoms with Crippen LogP contribution in [0.2, 0.25) is 0 Å². The lowest BCUT2D eigenvalue weighted by Crippen LogP contribution is -2.49. The Morgan fingerprint density at radius 2 is 1.96 bits per heavy atom. The number of carboxylic acids is 1. The van der Waals surface area contributed by atoms with E-state index in [0.717, 1.165) is 11.3 Å². The highest BCUT2D eigenvalue weighted by molar-refractivity contribution is 6.15. The van der Waals surface area contributed by atoms with E-state index in [1.165, 1.54) is 12.1 Å². The van der Waals surface area contributed by atoms with Crippen LogP contribution in [0.4, 0.5) is 10.5 Å². The molecule has 1 unspecified atom stereocenters. The Morgan fingerprint density at radius 1 is 1.28 bits per heavy atom. The molecule has 25 heavy (non-hydrogen) atoms. The van der Waals surface area contributed by atoms with Gasteiger partial charge in [-0.25, -0.2) is 14.5 Å². The van der Waals surface area contributed by atoms with E-state index in [9.17, 15) is 19.5 Å². The zero-order chi connectivity index (χ0) is 18.8. The molecule has 7 heteroatoms. The molecule has 1 aromatic carbocycles. The minimum absolute atomic E-state index is 0.0400. The van der Waals surface area contributed by atoms with E-state index in [1.807, 2.05) is 0 Å². The highest BCUT2D eigenvalue weighted by atomic mass is 16.6. The van der Waals surface area contributed by atoms with Crippen LogP contribution < -0.4 is 10.2 Å². The predicted octanol–water partition coefficient (Wildman–Crippen LogP) is 2.71. The van der Waals surface area contributed by atoms with Crippen LogP contribution in [0.25, 0.3) is 0 Å². The SMILES string of the molecule is Cc1c(C(=O)O)cccc1N(C(=O)OC(C)(C)C)C(=O)C1CCCN1. The number of carbonyl (C=O) groups excluding carboxylic acids is 2. The maximum absolute atomic E-state index is 12.9. The summed E-state index contributed by atoms with van der Waals surface area (Å²) >= 11 is 0. The number of ether oxygens (including phenoxy) is 1. The van der Waals surface area contributed by atoms with E-state index in [1.54, 1.807) is 33.8 Å². The molecule has 136 valence electrons. The third kappa shape index (κ3) is 4.36. The van der Waals surface area contributed by atoms with Gasteiger partial charge in [0.05, 0.1) is 17.3 Å². The summed E-state index contributed by atoms with van der Waals surface area (Å²) in [5, 5.41) is 12.4. The third-order valence-corrected chi connectivity index (χ3v) is 3.93. The summed E-state index contributed by atoms with van der Waals surface area (Å²) in [4.78, 5) is 38.0. The minimum atomic E-state index is -1.12. The number of aromatic carboxylic acids is 1. The average Bonchev–Trinajstić information content (AvgIpc) is 3.01. The van der Waals surface area contributed by atoms with Gasteiger partial charge in [0.2, 0.25) is 0 Å². The summed E-state index contributed by atoms with van der Waals surface area (Å²) in [5.74, 6) is -1.55. The molecular weight excluding hydrogens is 324 g/mol. The molecule has 1 heterocycles. The number of nitrogens with one attached hydrogen (secondary N) is 1. The molecule has 1 atom stereocenters. The minimum Gasteiger partial charge on any atom is -0.478 e. The fourth-order valence-electron chi connectivity index (χ4n) is 2.76. The number of hydrogen-bond donors (Lipinski definition) is 2. The largest absolute Gasteiger partial charge is 0.478 e. The Morgan fingerprint density at radius 3 is 2.48 bits per heavy atom. The average molecular weight is 348 g/mol. The van der Waals surface area contributed by atoms with Crippen LogP contribution in [0.1, 0.15) is 49.5 Å². The van der Waals surface area contributed by atoms with Gasteiger partial charge in [0.15, 0.2) is 0 Å². The maximum atomic E-state index is 12.9. The van der Waals surface area contributed by atoms with E-state index >= 15 is 0 Å². The molecule has 0 saturated carbocycles. The molecule has 2 rings (SSSR count). The highest BCUT2D eigenvalue weighted by Crippen LogP contribution is 2.27. The maximum Gasteiger partial charge on any atom is 0.421 e. The topological polar surface area (TPSA) is 95.9 Å². The molecule has 1 fully saturated rings. The van der Waals surface area contributed by atoms with Crippen molar-refractivity contribution >= 4 is 23.7 Å². The van der Waals surface area contributed by atoms with Crippen LogP contribution in [-0.4, -0.2) is 41.3 Å². The molecule has 1 saturated heterocycles. The molecule has 1 aliphatic rings. The molecule has 0 spiro atoms. The quantitative estimate of drug-likeness (QED) is 0.872. The van der Waals surface area contributed by atoms with Crippen molar-refractivity contribution in [3.63, 3.8) is 0 Å². The van der Waals surface area contributed by atoms with Crippen LogP contribution in [0.3, 0.4) is 0 Å². The molecule has 1 aromatic rings. The molecule has 0 bridgehead atoms. The van der Waals surface area contributed by atoms with Crippen molar-refractivity contribution in [3.05, 3.63) is 29.3 Å². The van der Waals surface area contributed by atoms with Crippen molar-refractivity contribution in [2.75, 3.05) is 11.4 Å². The van der Waals surface area contributed by atoms with Crippen molar-refractivity contribution < 1.29 is 24.2 Å². The number of carbonyl (C=O) groups is 3. The molecule has 2 N–H and O–H groups in total. The lowest BCUT2D eigenvalue weighted by Gasteiger charge is -2.29. The Labute approximate surface area is 147 Å². The Kier molecular flexibility index (Phi) is 5.47. The first-order valence-electron chi connectivity index (χ1n) is 8.25. The summed E-state index contributed by atoms with van der Waals surface area (Å²) in [5.41, 5.74) is -0.171. The molecule has 2 amide bonds. The van der Waals surface area contributed by atoms with Crippen LogP contribution in [0.15, 0.2) is 18.2 Å². The predicted molar refractivity (Wildman–Crippen MR) is 92.9 cm³/mol. The number of hydrogen-bond acceptors (Lipinski definition) is 5. The van der Waals surface area contributed by atoms with Gasteiger partial charge in [-0.15, -0.1) is 0 Å².